The normalized spacial score (nSPS) is 17.4. The molecule has 0 saturated carbocycles. The summed E-state index contributed by atoms with van der Waals surface area (Å²) in [6, 6.07) is 6.75. The van der Waals surface area contributed by atoms with Crippen LogP contribution in [-0.4, -0.2) is 47.7 Å². The lowest BCUT2D eigenvalue weighted by atomic mass is 10.2. The van der Waals surface area contributed by atoms with Crippen LogP contribution in [0.15, 0.2) is 24.3 Å². The molecule has 1 aromatic carbocycles. The number of aliphatic carboxylic acids is 1. The van der Waals surface area contributed by atoms with Gasteiger partial charge in [-0.05, 0) is 26.0 Å². The minimum Gasteiger partial charge on any atom is -0.478 e. The van der Waals surface area contributed by atoms with Gasteiger partial charge in [0.25, 0.3) is 0 Å². The van der Waals surface area contributed by atoms with Crippen LogP contribution in [0, 0.1) is 0 Å². The highest BCUT2D eigenvalue weighted by molar-refractivity contribution is 5.95. The minimum absolute atomic E-state index is 0.00222. The maximum atomic E-state index is 12.5. The van der Waals surface area contributed by atoms with E-state index in [2.05, 4.69) is 0 Å². The van der Waals surface area contributed by atoms with Crippen LogP contribution in [0.2, 0.25) is 0 Å². The number of rotatable bonds is 2. The third-order valence-electron chi connectivity index (χ3n) is 3.36. The number of hydrogen-bond donors (Lipinski definition) is 1. The topological polar surface area (TPSA) is 70.1 Å². The predicted molar refractivity (Wildman–Crippen MR) is 74.1 cm³/mol. The summed E-state index contributed by atoms with van der Waals surface area (Å²) in [5.41, 5.74) is 0.600. The number of carboxylic acid groups (broad SMARTS) is 1. The largest absolute Gasteiger partial charge is 0.478 e. The van der Waals surface area contributed by atoms with E-state index in [9.17, 15) is 9.59 Å². The molecule has 0 bridgehead atoms. The number of benzene rings is 1. The Morgan fingerprint density at radius 2 is 2.05 bits per heavy atom. The number of hydrogen-bond acceptors (Lipinski definition) is 3. The summed E-state index contributed by atoms with van der Waals surface area (Å²) in [6.07, 6.45) is -1.05. The number of anilines is 1. The highest BCUT2D eigenvalue weighted by Gasteiger charge is 2.35. The van der Waals surface area contributed by atoms with Crippen LogP contribution in [0.25, 0.3) is 0 Å². The lowest BCUT2D eigenvalue weighted by molar-refractivity contribution is -0.144. The van der Waals surface area contributed by atoms with Crippen molar-refractivity contribution < 1.29 is 19.4 Å². The van der Waals surface area contributed by atoms with Gasteiger partial charge in [-0.2, -0.15) is 0 Å². The molecule has 6 nitrogen and oxygen atoms in total. The van der Waals surface area contributed by atoms with Crippen molar-refractivity contribution in [1.29, 1.82) is 0 Å². The highest BCUT2D eigenvalue weighted by atomic mass is 16.5. The molecule has 0 aromatic heterocycles. The number of ether oxygens (including phenoxy) is 1. The highest BCUT2D eigenvalue weighted by Crippen LogP contribution is 2.33. The minimum atomic E-state index is -1.08. The zero-order valence-electron chi connectivity index (χ0n) is 11.7. The standard InChI is InChI=1S/C14H18N2O4/c1-9(2)15(3)14(19)16-8-12(13(17)18)20-11-7-5-4-6-10(11)16/h4-7,9,12H,8H2,1-3H3,(H,17,18). The molecule has 1 aliphatic rings. The summed E-state index contributed by atoms with van der Waals surface area (Å²) >= 11 is 0. The smallest absolute Gasteiger partial charge is 0.346 e. The van der Waals surface area contributed by atoms with Crippen LogP contribution < -0.4 is 9.64 Å². The number of carbonyl (C=O) groups is 2. The Hall–Kier alpha value is -2.24. The van der Waals surface area contributed by atoms with Crippen molar-refractivity contribution in [2.24, 2.45) is 0 Å². The van der Waals surface area contributed by atoms with Gasteiger partial charge in [-0.1, -0.05) is 12.1 Å². The summed E-state index contributed by atoms with van der Waals surface area (Å²) in [5.74, 6) is -0.666. The van der Waals surface area contributed by atoms with Gasteiger partial charge in [0.1, 0.15) is 5.75 Å². The second-order valence-electron chi connectivity index (χ2n) is 5.01. The van der Waals surface area contributed by atoms with Gasteiger partial charge in [0.2, 0.25) is 6.10 Å². The Labute approximate surface area is 117 Å². The molecular weight excluding hydrogens is 260 g/mol. The lowest BCUT2D eigenvalue weighted by Crippen LogP contribution is -2.52. The Kier molecular flexibility index (Phi) is 3.83. The number of fused-ring (bicyclic) bond motifs is 1. The summed E-state index contributed by atoms with van der Waals surface area (Å²) in [5, 5.41) is 9.13. The number of urea groups is 1. The van der Waals surface area contributed by atoms with E-state index in [1.807, 2.05) is 13.8 Å². The van der Waals surface area contributed by atoms with E-state index in [0.29, 0.717) is 11.4 Å². The fourth-order valence-corrected chi connectivity index (χ4v) is 1.96. The van der Waals surface area contributed by atoms with E-state index in [0.717, 1.165) is 0 Å². The van der Waals surface area contributed by atoms with Crippen molar-refractivity contribution in [3.63, 3.8) is 0 Å². The van der Waals surface area contributed by atoms with Gasteiger partial charge in [0, 0.05) is 13.1 Å². The van der Waals surface area contributed by atoms with Crippen molar-refractivity contribution in [2.75, 3.05) is 18.5 Å². The molecule has 2 amide bonds. The third-order valence-corrected chi connectivity index (χ3v) is 3.36. The number of para-hydroxylation sites is 2. The summed E-state index contributed by atoms with van der Waals surface area (Å²) in [7, 11) is 1.70. The van der Waals surface area contributed by atoms with Crippen LogP contribution in [0.3, 0.4) is 0 Å². The zero-order chi connectivity index (χ0) is 14.9. The van der Waals surface area contributed by atoms with Crippen LogP contribution in [0.4, 0.5) is 10.5 Å². The van der Waals surface area contributed by atoms with Crippen LogP contribution in [0.1, 0.15) is 13.8 Å². The van der Waals surface area contributed by atoms with E-state index in [1.54, 1.807) is 36.2 Å². The molecule has 0 fully saturated rings. The average molecular weight is 278 g/mol. The predicted octanol–water partition coefficient (Wildman–Crippen LogP) is 1.80. The first-order valence-electron chi connectivity index (χ1n) is 6.44. The van der Waals surface area contributed by atoms with E-state index >= 15 is 0 Å². The van der Waals surface area contributed by atoms with Crippen LogP contribution in [-0.2, 0) is 4.79 Å². The molecule has 1 N–H and O–H groups in total. The van der Waals surface area contributed by atoms with Gasteiger partial charge in [-0.25, -0.2) is 9.59 Å². The van der Waals surface area contributed by atoms with Crippen molar-refractivity contribution in [2.45, 2.75) is 26.0 Å². The number of amides is 2. The molecule has 1 aliphatic heterocycles. The summed E-state index contributed by atoms with van der Waals surface area (Å²) in [4.78, 5) is 26.7. The van der Waals surface area contributed by atoms with E-state index < -0.39 is 12.1 Å². The molecule has 0 aliphatic carbocycles. The van der Waals surface area contributed by atoms with Gasteiger partial charge in [0.15, 0.2) is 0 Å². The van der Waals surface area contributed by atoms with Gasteiger partial charge in [-0.15, -0.1) is 0 Å². The first-order valence-corrected chi connectivity index (χ1v) is 6.44. The van der Waals surface area contributed by atoms with Crippen molar-refractivity contribution >= 4 is 17.7 Å². The Morgan fingerprint density at radius 1 is 1.40 bits per heavy atom. The van der Waals surface area contributed by atoms with E-state index in [1.165, 1.54) is 4.90 Å². The number of carbonyl (C=O) groups excluding carboxylic acids is 1. The van der Waals surface area contributed by atoms with E-state index in [-0.39, 0.29) is 18.6 Å². The second-order valence-corrected chi connectivity index (χ2v) is 5.01. The fraction of sp³-hybridized carbons (Fsp3) is 0.429. The molecule has 1 unspecified atom stereocenters. The molecule has 0 spiro atoms. The van der Waals surface area contributed by atoms with Gasteiger partial charge >= 0.3 is 12.0 Å². The molecule has 20 heavy (non-hydrogen) atoms. The molecule has 108 valence electrons. The first kappa shape index (κ1) is 14.2. The summed E-state index contributed by atoms with van der Waals surface area (Å²) in [6.45, 7) is 3.81. The van der Waals surface area contributed by atoms with Gasteiger partial charge in [-0.3, -0.25) is 4.90 Å². The maximum Gasteiger partial charge on any atom is 0.346 e. The molecule has 0 radical (unpaired) electrons. The zero-order valence-corrected chi connectivity index (χ0v) is 11.7. The first-order chi connectivity index (χ1) is 9.41. The van der Waals surface area contributed by atoms with Crippen molar-refractivity contribution in [1.82, 2.24) is 4.90 Å². The van der Waals surface area contributed by atoms with Gasteiger partial charge < -0.3 is 14.7 Å². The summed E-state index contributed by atoms with van der Waals surface area (Å²) < 4.78 is 5.40. The fourth-order valence-electron chi connectivity index (χ4n) is 1.96. The molecule has 1 heterocycles. The number of nitrogens with zero attached hydrogens (tertiary/aromatic N) is 2. The molecule has 6 heteroatoms. The van der Waals surface area contributed by atoms with Crippen molar-refractivity contribution in [3.05, 3.63) is 24.3 Å². The Bertz CT molecular complexity index is 530. The Balaban J connectivity index is 2.36. The lowest BCUT2D eigenvalue weighted by Gasteiger charge is -2.36. The number of carboxylic acids is 1. The molecule has 2 rings (SSSR count). The average Bonchev–Trinajstić information content (AvgIpc) is 2.44. The molecular formula is C14H18N2O4. The SMILES string of the molecule is CC(C)N(C)C(=O)N1CC(C(=O)O)Oc2ccccc21. The third kappa shape index (κ3) is 2.54. The second kappa shape index (κ2) is 5.40. The monoisotopic (exact) mass is 278 g/mol. The van der Waals surface area contributed by atoms with E-state index in [4.69, 9.17) is 9.84 Å². The van der Waals surface area contributed by atoms with Crippen molar-refractivity contribution in [3.8, 4) is 5.75 Å². The van der Waals surface area contributed by atoms with Crippen LogP contribution in [0.5, 0.6) is 5.75 Å². The maximum absolute atomic E-state index is 12.5. The molecule has 1 atom stereocenters. The molecule has 1 aromatic rings. The quantitative estimate of drug-likeness (QED) is 0.895. The van der Waals surface area contributed by atoms with Crippen LogP contribution >= 0.6 is 0 Å². The Morgan fingerprint density at radius 3 is 2.65 bits per heavy atom. The van der Waals surface area contributed by atoms with Gasteiger partial charge in [0.05, 0.1) is 12.2 Å². The molecule has 0 saturated heterocycles.